The molecular formula is C19H20ClN5O5S. The van der Waals surface area contributed by atoms with Crippen LogP contribution in [0.3, 0.4) is 0 Å². The molecule has 4 rings (SSSR count). The molecule has 1 fully saturated rings. The van der Waals surface area contributed by atoms with Gasteiger partial charge in [-0.1, -0.05) is 18.2 Å². The van der Waals surface area contributed by atoms with Crippen LogP contribution >= 0.6 is 11.6 Å². The van der Waals surface area contributed by atoms with E-state index in [0.717, 1.165) is 4.57 Å². The summed E-state index contributed by atoms with van der Waals surface area (Å²) < 4.78 is 27.4. The van der Waals surface area contributed by atoms with E-state index < -0.39 is 33.0 Å². The van der Waals surface area contributed by atoms with Crippen LogP contribution in [0.2, 0.25) is 5.28 Å². The molecule has 1 atom stereocenters. The zero-order chi connectivity index (χ0) is 22.5. The van der Waals surface area contributed by atoms with E-state index in [-0.39, 0.29) is 34.5 Å². The molecule has 3 heterocycles. The monoisotopic (exact) mass is 465 g/mol. The number of amides is 1. The lowest BCUT2D eigenvalue weighted by Crippen LogP contribution is -2.43. The Morgan fingerprint density at radius 1 is 1.19 bits per heavy atom. The van der Waals surface area contributed by atoms with Gasteiger partial charge in [-0.2, -0.15) is 4.98 Å². The highest BCUT2D eigenvalue weighted by atomic mass is 35.5. The van der Waals surface area contributed by atoms with Crippen molar-refractivity contribution in [1.29, 1.82) is 0 Å². The van der Waals surface area contributed by atoms with Gasteiger partial charge in [0.2, 0.25) is 11.2 Å². The first-order chi connectivity index (χ1) is 14.6. The van der Waals surface area contributed by atoms with Crippen LogP contribution in [-0.2, 0) is 35.3 Å². The Kier molecular flexibility index (Phi) is 5.26. The summed E-state index contributed by atoms with van der Waals surface area (Å²) in [7, 11) is -0.452. The van der Waals surface area contributed by atoms with Gasteiger partial charge in [-0.3, -0.25) is 23.3 Å². The summed E-state index contributed by atoms with van der Waals surface area (Å²) in [5, 5.41) is -0.117. The number of carbonyl (C=O) groups is 1. The van der Waals surface area contributed by atoms with E-state index in [4.69, 9.17) is 11.6 Å². The fourth-order valence-corrected chi connectivity index (χ4v) is 5.83. The van der Waals surface area contributed by atoms with Gasteiger partial charge in [0, 0.05) is 19.8 Å². The predicted octanol–water partition coefficient (Wildman–Crippen LogP) is 0.307. The van der Waals surface area contributed by atoms with Gasteiger partial charge in [0.1, 0.15) is 6.54 Å². The van der Waals surface area contributed by atoms with Crippen molar-refractivity contribution in [3.05, 3.63) is 56.5 Å². The summed E-state index contributed by atoms with van der Waals surface area (Å²) in [6, 6.07) is 8.22. The molecule has 2 aromatic heterocycles. The third-order valence-corrected chi connectivity index (χ3v) is 7.51. The lowest BCUT2D eigenvalue weighted by molar-refractivity contribution is -0.119. The number of nitrogens with zero attached hydrogens (tertiary/aromatic N) is 5. The molecule has 0 bridgehead atoms. The molecule has 1 saturated heterocycles. The van der Waals surface area contributed by atoms with Crippen LogP contribution in [0.1, 0.15) is 6.42 Å². The summed E-state index contributed by atoms with van der Waals surface area (Å²) in [6.45, 7) is -0.339. The normalized spacial score (nSPS) is 17.8. The topological polar surface area (TPSA) is 116 Å². The minimum Gasteiger partial charge on any atom is -0.307 e. The number of aromatic nitrogens is 4. The molecule has 164 valence electrons. The van der Waals surface area contributed by atoms with Crippen molar-refractivity contribution in [3.63, 3.8) is 0 Å². The molecule has 0 unspecified atom stereocenters. The first kappa shape index (κ1) is 21.3. The number of aryl methyl sites for hydroxylation is 1. The van der Waals surface area contributed by atoms with E-state index in [1.807, 2.05) is 0 Å². The number of anilines is 1. The highest BCUT2D eigenvalue weighted by molar-refractivity contribution is 7.91. The lowest BCUT2D eigenvalue weighted by Gasteiger charge is -2.28. The molecule has 1 amide bonds. The second-order valence-corrected chi connectivity index (χ2v) is 10.1. The molecule has 3 aromatic rings. The number of rotatable bonds is 4. The molecule has 0 radical (unpaired) electrons. The zero-order valence-corrected chi connectivity index (χ0v) is 18.4. The van der Waals surface area contributed by atoms with Crippen molar-refractivity contribution < 1.29 is 13.2 Å². The molecule has 1 aliphatic heterocycles. The SMILES string of the molecule is Cn1c(=O)c2c(nc(Cl)n2CC(=O)N(c2ccccc2)[C@H]2CCS(=O)(=O)C2)n(C)c1=O. The minimum absolute atomic E-state index is 0.00565. The molecule has 1 aliphatic rings. The van der Waals surface area contributed by atoms with Crippen LogP contribution in [0.4, 0.5) is 5.69 Å². The molecule has 0 spiro atoms. The van der Waals surface area contributed by atoms with Crippen LogP contribution in [0.5, 0.6) is 0 Å². The first-order valence-corrected chi connectivity index (χ1v) is 11.7. The van der Waals surface area contributed by atoms with Gasteiger partial charge in [-0.25, -0.2) is 13.2 Å². The van der Waals surface area contributed by atoms with Crippen molar-refractivity contribution in [2.45, 2.75) is 19.0 Å². The second kappa shape index (κ2) is 7.65. The summed E-state index contributed by atoms with van der Waals surface area (Å²) >= 11 is 6.24. The van der Waals surface area contributed by atoms with Gasteiger partial charge < -0.3 is 4.90 Å². The number of fused-ring (bicyclic) bond motifs is 1. The number of hydrogen-bond acceptors (Lipinski definition) is 6. The highest BCUT2D eigenvalue weighted by Gasteiger charge is 2.36. The average Bonchev–Trinajstić information content (AvgIpc) is 3.25. The number of imidazole rings is 1. The number of sulfone groups is 1. The van der Waals surface area contributed by atoms with E-state index in [1.54, 1.807) is 30.3 Å². The molecule has 0 aliphatic carbocycles. The number of hydrogen-bond donors (Lipinski definition) is 0. The molecule has 10 nitrogen and oxygen atoms in total. The fourth-order valence-electron chi connectivity index (χ4n) is 3.90. The number of para-hydroxylation sites is 1. The van der Waals surface area contributed by atoms with Crippen molar-refractivity contribution >= 4 is 44.2 Å². The van der Waals surface area contributed by atoms with Crippen molar-refractivity contribution in [2.75, 3.05) is 16.4 Å². The van der Waals surface area contributed by atoms with Crippen LogP contribution in [0.25, 0.3) is 11.2 Å². The lowest BCUT2D eigenvalue weighted by atomic mass is 10.1. The van der Waals surface area contributed by atoms with Gasteiger partial charge in [0.25, 0.3) is 5.56 Å². The molecular weight excluding hydrogens is 446 g/mol. The van der Waals surface area contributed by atoms with Crippen LogP contribution in [0.15, 0.2) is 39.9 Å². The first-order valence-electron chi connectivity index (χ1n) is 9.50. The summed E-state index contributed by atoms with van der Waals surface area (Å²) in [5.74, 6) is -0.570. The Bertz CT molecular complexity index is 1410. The molecule has 0 saturated carbocycles. The van der Waals surface area contributed by atoms with Crippen molar-refractivity contribution in [2.24, 2.45) is 14.1 Å². The third-order valence-electron chi connectivity index (χ3n) is 5.47. The number of carbonyl (C=O) groups excluding carboxylic acids is 1. The smallest absolute Gasteiger partial charge is 0.307 e. The maximum atomic E-state index is 13.4. The molecule has 31 heavy (non-hydrogen) atoms. The molecule has 12 heteroatoms. The number of benzene rings is 1. The fraction of sp³-hybridized carbons (Fsp3) is 0.368. The summed E-state index contributed by atoms with van der Waals surface area (Å²) in [6.07, 6.45) is 0.317. The van der Waals surface area contributed by atoms with E-state index in [0.29, 0.717) is 12.1 Å². The Balaban J connectivity index is 1.80. The van der Waals surface area contributed by atoms with Gasteiger partial charge in [-0.15, -0.1) is 0 Å². The van der Waals surface area contributed by atoms with E-state index in [9.17, 15) is 22.8 Å². The maximum absolute atomic E-state index is 13.4. The largest absolute Gasteiger partial charge is 0.332 e. The van der Waals surface area contributed by atoms with E-state index in [2.05, 4.69) is 4.98 Å². The quantitative estimate of drug-likeness (QED) is 0.512. The zero-order valence-electron chi connectivity index (χ0n) is 16.9. The van der Waals surface area contributed by atoms with Gasteiger partial charge in [-0.05, 0) is 30.2 Å². The predicted molar refractivity (Wildman–Crippen MR) is 116 cm³/mol. The highest BCUT2D eigenvalue weighted by Crippen LogP contribution is 2.26. The minimum atomic E-state index is -3.24. The van der Waals surface area contributed by atoms with Crippen LogP contribution in [-0.4, -0.2) is 50.6 Å². The van der Waals surface area contributed by atoms with Crippen molar-refractivity contribution in [1.82, 2.24) is 18.7 Å². The average molecular weight is 466 g/mol. The van der Waals surface area contributed by atoms with Gasteiger partial charge in [0.15, 0.2) is 21.0 Å². The van der Waals surface area contributed by atoms with Crippen LogP contribution < -0.4 is 16.1 Å². The third kappa shape index (κ3) is 3.68. The van der Waals surface area contributed by atoms with E-state index >= 15 is 0 Å². The Morgan fingerprint density at radius 3 is 2.48 bits per heavy atom. The van der Waals surface area contributed by atoms with Crippen molar-refractivity contribution in [3.8, 4) is 0 Å². The Labute approximate surface area is 182 Å². The Morgan fingerprint density at radius 2 is 1.87 bits per heavy atom. The summed E-state index contributed by atoms with van der Waals surface area (Å²) in [4.78, 5) is 43.8. The van der Waals surface area contributed by atoms with Crippen LogP contribution in [0, 0.1) is 0 Å². The molecule has 1 aromatic carbocycles. The second-order valence-electron chi connectivity index (χ2n) is 7.50. The maximum Gasteiger partial charge on any atom is 0.332 e. The summed E-state index contributed by atoms with van der Waals surface area (Å²) in [5.41, 5.74) is -0.543. The molecule has 0 N–H and O–H groups in total. The standard InChI is InChI=1S/C19H20ClN5O5S/c1-22-16-15(17(27)23(2)19(22)28)24(18(20)21-16)10-14(26)25(12-6-4-3-5-7-12)13-8-9-31(29,30)11-13/h3-7,13H,8-11H2,1-2H3/t13-/m0/s1. The van der Waals surface area contributed by atoms with E-state index in [1.165, 1.54) is 28.1 Å². The number of halogens is 1. The van der Waals surface area contributed by atoms with Gasteiger partial charge >= 0.3 is 5.69 Å². The Hall–Kier alpha value is -2.92. The van der Waals surface area contributed by atoms with Gasteiger partial charge in [0.05, 0.1) is 17.5 Å².